The Morgan fingerprint density at radius 3 is 2.16 bits per heavy atom. The van der Waals surface area contributed by atoms with Gasteiger partial charge in [0.25, 0.3) is 0 Å². The maximum absolute atomic E-state index is 13.6. The lowest BCUT2D eigenvalue weighted by Gasteiger charge is -2.36. The topological polar surface area (TPSA) is 58.6 Å². The molecule has 0 N–H and O–H groups in total. The average Bonchev–Trinajstić information content (AvgIpc) is 2.78. The monoisotopic (exact) mass is 430 g/mol. The number of methoxy groups -OCH3 is 1. The fourth-order valence-corrected chi connectivity index (χ4v) is 3.60. The zero-order chi connectivity index (χ0) is 22.0. The second kappa shape index (κ2) is 8.41. The van der Waals surface area contributed by atoms with Crippen LogP contribution in [-0.4, -0.2) is 54.1 Å². The molecule has 1 saturated heterocycles. The highest BCUT2D eigenvalue weighted by Crippen LogP contribution is 2.35. The number of alkyl halides is 3. The predicted molar refractivity (Wildman–Crippen MR) is 110 cm³/mol. The smallest absolute Gasteiger partial charge is 0.437 e. The molecule has 6 nitrogen and oxygen atoms in total. The van der Waals surface area contributed by atoms with Crippen LogP contribution in [0.1, 0.15) is 11.3 Å². The quantitative estimate of drug-likeness (QED) is 0.634. The number of carbonyl (C=O) groups is 1. The summed E-state index contributed by atoms with van der Waals surface area (Å²) in [7, 11) is 1.57. The van der Waals surface area contributed by atoms with E-state index in [1.165, 1.54) is 6.07 Å². The van der Waals surface area contributed by atoms with Gasteiger partial charge in [-0.1, -0.05) is 24.3 Å². The molecule has 2 heterocycles. The van der Waals surface area contributed by atoms with Crippen LogP contribution in [0, 0.1) is 0 Å². The Morgan fingerprint density at radius 1 is 0.968 bits per heavy atom. The van der Waals surface area contributed by atoms with Crippen molar-refractivity contribution in [2.75, 3.05) is 38.2 Å². The molecule has 1 fully saturated rings. The lowest BCUT2D eigenvalue weighted by molar-refractivity contribution is -0.140. The van der Waals surface area contributed by atoms with Gasteiger partial charge in [-0.05, 0) is 29.8 Å². The first kappa shape index (κ1) is 20.9. The molecule has 31 heavy (non-hydrogen) atoms. The first-order chi connectivity index (χ1) is 14.8. The van der Waals surface area contributed by atoms with Gasteiger partial charge in [-0.3, -0.25) is 4.79 Å². The van der Waals surface area contributed by atoms with Gasteiger partial charge in [0, 0.05) is 26.2 Å². The van der Waals surface area contributed by atoms with Crippen LogP contribution in [0.3, 0.4) is 0 Å². The number of amides is 1. The van der Waals surface area contributed by atoms with E-state index in [0.717, 1.165) is 5.56 Å². The molecule has 4 rings (SSSR count). The van der Waals surface area contributed by atoms with E-state index < -0.39 is 11.9 Å². The maximum atomic E-state index is 13.6. The Morgan fingerprint density at radius 2 is 1.58 bits per heavy atom. The van der Waals surface area contributed by atoms with Crippen molar-refractivity contribution in [3.8, 4) is 5.75 Å². The summed E-state index contributed by atoms with van der Waals surface area (Å²) in [6.45, 7) is 1.15. The van der Waals surface area contributed by atoms with Crippen LogP contribution in [0.25, 0.3) is 11.0 Å². The largest absolute Gasteiger partial charge is 0.497 e. The molecule has 0 spiro atoms. The Balaban J connectivity index is 1.48. The number of para-hydroxylation sites is 2. The molecular formula is C22H21F3N4O2. The van der Waals surface area contributed by atoms with E-state index in [2.05, 4.69) is 9.97 Å². The van der Waals surface area contributed by atoms with Crippen molar-refractivity contribution >= 4 is 22.8 Å². The van der Waals surface area contributed by atoms with Crippen molar-refractivity contribution in [1.82, 2.24) is 14.9 Å². The molecule has 0 aliphatic carbocycles. The number of hydrogen-bond acceptors (Lipinski definition) is 5. The van der Waals surface area contributed by atoms with Crippen LogP contribution >= 0.6 is 0 Å². The summed E-state index contributed by atoms with van der Waals surface area (Å²) < 4.78 is 46.0. The number of carbonyl (C=O) groups excluding carboxylic acids is 1. The molecule has 1 aliphatic heterocycles. The minimum atomic E-state index is -4.62. The summed E-state index contributed by atoms with van der Waals surface area (Å²) >= 11 is 0. The van der Waals surface area contributed by atoms with Crippen molar-refractivity contribution in [2.45, 2.75) is 12.6 Å². The molecule has 9 heteroatoms. The van der Waals surface area contributed by atoms with Crippen molar-refractivity contribution < 1.29 is 22.7 Å². The van der Waals surface area contributed by atoms with Gasteiger partial charge in [-0.2, -0.15) is 13.2 Å². The van der Waals surface area contributed by atoms with Crippen LogP contribution in [0.2, 0.25) is 0 Å². The van der Waals surface area contributed by atoms with Crippen LogP contribution in [0.5, 0.6) is 5.75 Å². The van der Waals surface area contributed by atoms with E-state index in [1.54, 1.807) is 47.2 Å². The molecule has 0 radical (unpaired) electrons. The van der Waals surface area contributed by atoms with Gasteiger partial charge >= 0.3 is 6.18 Å². The number of rotatable bonds is 4. The van der Waals surface area contributed by atoms with E-state index >= 15 is 0 Å². The molecule has 0 bridgehead atoms. The first-order valence-electron chi connectivity index (χ1n) is 9.85. The van der Waals surface area contributed by atoms with Gasteiger partial charge in [0.2, 0.25) is 5.91 Å². The van der Waals surface area contributed by atoms with Gasteiger partial charge in [-0.15, -0.1) is 0 Å². The van der Waals surface area contributed by atoms with Gasteiger partial charge < -0.3 is 14.5 Å². The van der Waals surface area contributed by atoms with E-state index in [9.17, 15) is 18.0 Å². The predicted octanol–water partition coefficient (Wildman–Crippen LogP) is 3.55. The lowest BCUT2D eigenvalue weighted by atomic mass is 10.1. The highest BCUT2D eigenvalue weighted by molar-refractivity contribution is 5.79. The number of hydrogen-bond donors (Lipinski definition) is 0. The minimum Gasteiger partial charge on any atom is -0.497 e. The highest BCUT2D eigenvalue weighted by atomic mass is 19.4. The molecule has 1 aromatic heterocycles. The maximum Gasteiger partial charge on any atom is 0.437 e. The molecule has 2 aromatic carbocycles. The van der Waals surface area contributed by atoms with E-state index in [4.69, 9.17) is 4.74 Å². The van der Waals surface area contributed by atoms with E-state index in [-0.39, 0.29) is 36.8 Å². The number of benzene rings is 2. The fraction of sp³-hybridized carbons (Fsp3) is 0.318. The standard InChI is InChI=1S/C22H21F3N4O2/c1-31-16-8-6-15(7-9-16)14-19(30)28-10-12-29(13-11-28)21-20(22(23,24)25)26-17-4-2-3-5-18(17)27-21/h2-9H,10-14H2,1H3. The van der Waals surface area contributed by atoms with Gasteiger partial charge in [0.15, 0.2) is 11.5 Å². The normalized spacial score (nSPS) is 14.7. The molecule has 3 aromatic rings. The van der Waals surface area contributed by atoms with Crippen LogP contribution in [-0.2, 0) is 17.4 Å². The SMILES string of the molecule is COc1ccc(CC(=O)N2CCN(c3nc4ccccc4nc3C(F)(F)F)CC2)cc1. The number of piperazine rings is 1. The summed E-state index contributed by atoms with van der Waals surface area (Å²) in [5.74, 6) is 0.459. The van der Waals surface area contributed by atoms with Crippen molar-refractivity contribution in [1.29, 1.82) is 0 Å². The third kappa shape index (κ3) is 4.55. The zero-order valence-electron chi connectivity index (χ0n) is 16.9. The van der Waals surface area contributed by atoms with Crippen LogP contribution < -0.4 is 9.64 Å². The third-order valence-electron chi connectivity index (χ3n) is 5.27. The van der Waals surface area contributed by atoms with Crippen molar-refractivity contribution in [2.24, 2.45) is 0 Å². The summed E-state index contributed by atoms with van der Waals surface area (Å²) in [6.07, 6.45) is -4.39. The molecule has 1 amide bonds. The summed E-state index contributed by atoms with van der Waals surface area (Å²) in [4.78, 5) is 23.9. The van der Waals surface area contributed by atoms with Gasteiger partial charge in [0.05, 0.1) is 24.6 Å². The number of anilines is 1. The van der Waals surface area contributed by atoms with Crippen molar-refractivity contribution in [3.05, 3.63) is 59.8 Å². The third-order valence-corrected chi connectivity index (χ3v) is 5.27. The van der Waals surface area contributed by atoms with Gasteiger partial charge in [-0.25, -0.2) is 9.97 Å². The second-order valence-corrected chi connectivity index (χ2v) is 7.27. The number of nitrogens with zero attached hydrogens (tertiary/aromatic N) is 4. The molecular weight excluding hydrogens is 409 g/mol. The fourth-order valence-electron chi connectivity index (χ4n) is 3.60. The molecule has 0 atom stereocenters. The van der Waals surface area contributed by atoms with E-state index in [0.29, 0.717) is 24.4 Å². The molecule has 1 aliphatic rings. The van der Waals surface area contributed by atoms with Gasteiger partial charge in [0.1, 0.15) is 5.75 Å². The highest BCUT2D eigenvalue weighted by Gasteiger charge is 2.39. The molecule has 162 valence electrons. The minimum absolute atomic E-state index is 0.0644. The number of ether oxygens (including phenoxy) is 1. The first-order valence-corrected chi connectivity index (χ1v) is 9.85. The Hall–Kier alpha value is -3.36. The molecule has 0 unspecified atom stereocenters. The summed E-state index contributed by atoms with van der Waals surface area (Å²) in [5, 5.41) is 0. The average molecular weight is 430 g/mol. The molecule has 0 saturated carbocycles. The number of halogens is 3. The zero-order valence-corrected chi connectivity index (χ0v) is 16.9. The number of aromatic nitrogens is 2. The summed E-state index contributed by atoms with van der Waals surface area (Å²) in [5.41, 5.74) is 0.465. The summed E-state index contributed by atoms with van der Waals surface area (Å²) in [6, 6.07) is 13.7. The van der Waals surface area contributed by atoms with Crippen LogP contribution in [0.4, 0.5) is 19.0 Å². The Labute approximate surface area is 177 Å². The van der Waals surface area contributed by atoms with Crippen molar-refractivity contribution in [3.63, 3.8) is 0 Å². The lowest BCUT2D eigenvalue weighted by Crippen LogP contribution is -2.50. The number of fused-ring (bicyclic) bond motifs is 1. The Bertz CT molecular complexity index is 1080. The second-order valence-electron chi connectivity index (χ2n) is 7.27. The van der Waals surface area contributed by atoms with Crippen LogP contribution in [0.15, 0.2) is 48.5 Å². The Kier molecular flexibility index (Phi) is 5.67. The van der Waals surface area contributed by atoms with E-state index in [1.807, 2.05) is 12.1 Å².